The second-order valence-electron chi connectivity index (χ2n) is 4.68. The number of para-hydroxylation sites is 1. The molecule has 0 saturated heterocycles. The molecule has 0 aliphatic heterocycles. The largest absolute Gasteiger partial charge is 0.492 e. The zero-order valence-electron chi connectivity index (χ0n) is 12.1. The van der Waals surface area contributed by atoms with Crippen molar-refractivity contribution in [3.05, 3.63) is 30.4 Å². The topological polar surface area (TPSA) is 64.4 Å². The van der Waals surface area contributed by atoms with Gasteiger partial charge in [-0.25, -0.2) is 4.98 Å². The Kier molecular flexibility index (Phi) is 4.90. The monoisotopic (exact) mass is 306 g/mol. The number of fused-ring (bicyclic) bond motifs is 1. The molecule has 21 heavy (non-hydrogen) atoms. The number of aliphatic carboxylic acids is 1. The molecule has 1 aromatic carbocycles. The first-order chi connectivity index (χ1) is 10.0. The number of hydrogen-bond acceptors (Lipinski definition) is 4. The number of benzene rings is 1. The smallest absolute Gasteiger partial charge is 0.313 e. The van der Waals surface area contributed by atoms with Crippen molar-refractivity contribution in [3.8, 4) is 5.75 Å². The molecule has 2 rings (SSSR count). The maximum atomic E-state index is 10.8. The molecule has 0 aliphatic carbocycles. The highest BCUT2D eigenvalue weighted by molar-refractivity contribution is 7.99. The van der Waals surface area contributed by atoms with Gasteiger partial charge in [0.25, 0.3) is 0 Å². The van der Waals surface area contributed by atoms with E-state index in [1.165, 1.54) is 11.8 Å². The lowest BCUT2D eigenvalue weighted by molar-refractivity contribution is -0.133. The van der Waals surface area contributed by atoms with Gasteiger partial charge in [-0.05, 0) is 26.0 Å². The van der Waals surface area contributed by atoms with E-state index >= 15 is 0 Å². The maximum Gasteiger partial charge on any atom is 0.313 e. The van der Waals surface area contributed by atoms with Crippen LogP contribution in [0, 0.1) is 0 Å². The molecule has 112 valence electrons. The van der Waals surface area contributed by atoms with Crippen LogP contribution in [0.15, 0.2) is 35.5 Å². The van der Waals surface area contributed by atoms with Crippen LogP contribution in [0.5, 0.6) is 5.75 Å². The number of rotatable bonds is 7. The van der Waals surface area contributed by atoms with Crippen molar-refractivity contribution >= 4 is 28.8 Å². The van der Waals surface area contributed by atoms with Gasteiger partial charge in [0.15, 0.2) is 5.16 Å². The van der Waals surface area contributed by atoms with Gasteiger partial charge in [0, 0.05) is 6.54 Å². The Morgan fingerprint density at radius 3 is 2.90 bits per heavy atom. The minimum atomic E-state index is -0.862. The maximum absolute atomic E-state index is 10.8. The van der Waals surface area contributed by atoms with E-state index in [1.54, 1.807) is 0 Å². The Labute approximate surface area is 127 Å². The zero-order chi connectivity index (χ0) is 15.4. The Hall–Kier alpha value is -1.95. The molecule has 1 heterocycles. The number of carboxylic acids is 1. The van der Waals surface area contributed by atoms with Crippen molar-refractivity contribution in [3.63, 3.8) is 0 Å². The number of thioether (sulfide) groups is 1. The van der Waals surface area contributed by atoms with Crippen LogP contribution in [-0.2, 0) is 11.3 Å². The van der Waals surface area contributed by atoms with Gasteiger partial charge in [-0.1, -0.05) is 30.0 Å². The van der Waals surface area contributed by atoms with Crippen molar-refractivity contribution < 1.29 is 14.6 Å². The number of hydrogen-bond donors (Lipinski definition) is 1. The van der Waals surface area contributed by atoms with Gasteiger partial charge in [0.2, 0.25) is 0 Å². The Morgan fingerprint density at radius 1 is 1.52 bits per heavy atom. The minimum absolute atomic E-state index is 0.0243. The predicted molar refractivity (Wildman–Crippen MR) is 84.1 cm³/mol. The second-order valence-corrected chi connectivity index (χ2v) is 5.62. The standard InChI is InChI=1S/C15H18N2O3S/c1-4-20-12-7-5-6-11-14(12)16-15(21-9-13(18)19)17(11)8-10(2)3/h5-7H,2,4,8-9H2,1,3H3,(H,18,19). The predicted octanol–water partition coefficient (Wildman–Crippen LogP) is 3.19. The molecule has 0 radical (unpaired) electrons. The van der Waals surface area contributed by atoms with Crippen molar-refractivity contribution in [2.45, 2.75) is 25.5 Å². The van der Waals surface area contributed by atoms with Crippen LogP contribution in [0.25, 0.3) is 11.0 Å². The summed E-state index contributed by atoms with van der Waals surface area (Å²) in [5.74, 6) is -0.171. The van der Waals surface area contributed by atoms with Crippen molar-refractivity contribution in [2.24, 2.45) is 0 Å². The van der Waals surface area contributed by atoms with E-state index in [4.69, 9.17) is 9.84 Å². The fraction of sp³-hybridized carbons (Fsp3) is 0.333. The van der Waals surface area contributed by atoms with E-state index in [0.29, 0.717) is 24.1 Å². The second kappa shape index (κ2) is 6.67. The molecule has 5 nitrogen and oxygen atoms in total. The minimum Gasteiger partial charge on any atom is -0.492 e. The molecule has 0 atom stereocenters. The number of carboxylic acid groups (broad SMARTS) is 1. The van der Waals surface area contributed by atoms with E-state index < -0.39 is 5.97 Å². The Balaban J connectivity index is 2.51. The molecule has 0 fully saturated rings. The molecule has 1 N–H and O–H groups in total. The number of ether oxygens (including phenoxy) is 1. The molecular weight excluding hydrogens is 288 g/mol. The van der Waals surface area contributed by atoms with Gasteiger partial charge in [-0.15, -0.1) is 0 Å². The van der Waals surface area contributed by atoms with Crippen molar-refractivity contribution in [1.29, 1.82) is 0 Å². The van der Waals surface area contributed by atoms with Gasteiger partial charge in [-0.2, -0.15) is 0 Å². The number of aromatic nitrogens is 2. The summed E-state index contributed by atoms with van der Waals surface area (Å²) in [4.78, 5) is 15.3. The fourth-order valence-corrected chi connectivity index (χ4v) is 2.76. The quantitative estimate of drug-likeness (QED) is 0.628. The fourth-order valence-electron chi connectivity index (χ4n) is 2.03. The molecule has 0 amide bonds. The number of nitrogens with zero attached hydrogens (tertiary/aromatic N) is 2. The summed E-state index contributed by atoms with van der Waals surface area (Å²) in [6.45, 7) is 8.95. The van der Waals surface area contributed by atoms with Crippen LogP contribution in [0.2, 0.25) is 0 Å². The highest BCUT2D eigenvalue weighted by atomic mass is 32.2. The van der Waals surface area contributed by atoms with Gasteiger partial charge >= 0.3 is 5.97 Å². The lowest BCUT2D eigenvalue weighted by atomic mass is 10.2. The molecule has 0 saturated carbocycles. The van der Waals surface area contributed by atoms with E-state index in [9.17, 15) is 4.79 Å². The summed E-state index contributed by atoms with van der Waals surface area (Å²) in [6, 6.07) is 5.74. The third-order valence-electron chi connectivity index (χ3n) is 2.76. The Bertz CT molecular complexity index is 679. The summed E-state index contributed by atoms with van der Waals surface area (Å²) in [5.41, 5.74) is 2.67. The van der Waals surface area contributed by atoms with Crippen LogP contribution < -0.4 is 4.74 Å². The SMILES string of the molecule is C=C(C)Cn1c(SCC(=O)O)nc2c(OCC)cccc21. The van der Waals surface area contributed by atoms with Crippen LogP contribution in [0.1, 0.15) is 13.8 Å². The van der Waals surface area contributed by atoms with E-state index in [-0.39, 0.29) is 5.75 Å². The average Bonchev–Trinajstić information content (AvgIpc) is 2.76. The molecule has 2 aromatic rings. The van der Waals surface area contributed by atoms with E-state index in [2.05, 4.69) is 11.6 Å². The molecule has 1 aromatic heterocycles. The molecule has 0 spiro atoms. The summed E-state index contributed by atoms with van der Waals surface area (Å²) < 4.78 is 7.57. The van der Waals surface area contributed by atoms with Crippen LogP contribution >= 0.6 is 11.8 Å². The summed E-state index contributed by atoms with van der Waals surface area (Å²) in [7, 11) is 0. The third-order valence-corrected chi connectivity index (χ3v) is 3.72. The highest BCUT2D eigenvalue weighted by Crippen LogP contribution is 2.30. The van der Waals surface area contributed by atoms with Gasteiger partial charge in [0.05, 0.1) is 17.9 Å². The third kappa shape index (κ3) is 3.58. The lowest BCUT2D eigenvalue weighted by Gasteiger charge is -2.08. The van der Waals surface area contributed by atoms with E-state index in [1.807, 2.05) is 36.6 Å². The zero-order valence-corrected chi connectivity index (χ0v) is 12.9. The Morgan fingerprint density at radius 2 is 2.29 bits per heavy atom. The molecular formula is C15H18N2O3S. The van der Waals surface area contributed by atoms with E-state index in [0.717, 1.165) is 16.6 Å². The first-order valence-electron chi connectivity index (χ1n) is 6.64. The van der Waals surface area contributed by atoms with Crippen LogP contribution in [0.4, 0.5) is 0 Å². The number of carbonyl (C=O) groups is 1. The summed E-state index contributed by atoms with van der Waals surface area (Å²) in [5, 5.41) is 9.53. The lowest BCUT2D eigenvalue weighted by Crippen LogP contribution is -2.04. The van der Waals surface area contributed by atoms with Gasteiger partial charge in [0.1, 0.15) is 11.3 Å². The molecule has 0 bridgehead atoms. The summed E-state index contributed by atoms with van der Waals surface area (Å²) in [6.07, 6.45) is 0. The highest BCUT2D eigenvalue weighted by Gasteiger charge is 2.15. The average molecular weight is 306 g/mol. The normalized spacial score (nSPS) is 10.8. The van der Waals surface area contributed by atoms with Gasteiger partial charge in [-0.3, -0.25) is 4.79 Å². The van der Waals surface area contributed by atoms with Gasteiger partial charge < -0.3 is 14.4 Å². The van der Waals surface area contributed by atoms with Crippen molar-refractivity contribution in [1.82, 2.24) is 9.55 Å². The number of imidazole rings is 1. The summed E-state index contributed by atoms with van der Waals surface area (Å²) >= 11 is 1.21. The first kappa shape index (κ1) is 15.4. The molecule has 0 aliphatic rings. The first-order valence-corrected chi connectivity index (χ1v) is 7.62. The molecule has 6 heteroatoms. The van der Waals surface area contributed by atoms with Crippen LogP contribution in [0.3, 0.4) is 0 Å². The van der Waals surface area contributed by atoms with Crippen molar-refractivity contribution in [2.75, 3.05) is 12.4 Å². The molecule has 0 unspecified atom stereocenters. The van der Waals surface area contributed by atoms with Crippen LogP contribution in [-0.4, -0.2) is 33.0 Å². The number of allylic oxidation sites excluding steroid dienone is 1.